The predicted octanol–water partition coefficient (Wildman–Crippen LogP) is 4.00. The van der Waals surface area contributed by atoms with Crippen molar-refractivity contribution in [3.05, 3.63) is 75.2 Å². The molecule has 7 rings (SSSR count). The molecule has 0 radical (unpaired) electrons. The number of carbonyl (C=O) groups is 1. The van der Waals surface area contributed by atoms with Crippen LogP contribution in [0.3, 0.4) is 0 Å². The van der Waals surface area contributed by atoms with Crippen LogP contribution in [0.25, 0.3) is 11.1 Å². The molecule has 11 nitrogen and oxygen atoms in total. The monoisotopic (exact) mass is 610 g/mol. The van der Waals surface area contributed by atoms with E-state index in [-0.39, 0.29) is 16.9 Å². The zero-order valence-electron chi connectivity index (χ0n) is 26.9. The molecular formula is C34H42N8O3. The molecule has 45 heavy (non-hydrogen) atoms. The van der Waals surface area contributed by atoms with E-state index in [1.165, 1.54) is 11.3 Å². The van der Waals surface area contributed by atoms with Crippen molar-refractivity contribution >= 4 is 23.2 Å². The largest absolute Gasteiger partial charge is 0.383 e. The first-order valence-electron chi connectivity index (χ1n) is 15.9. The van der Waals surface area contributed by atoms with Gasteiger partial charge >= 0.3 is 0 Å². The first-order chi connectivity index (χ1) is 21.7. The van der Waals surface area contributed by atoms with Crippen molar-refractivity contribution in [2.45, 2.75) is 59.7 Å². The second-order valence-electron chi connectivity index (χ2n) is 13.3. The molecule has 0 spiro atoms. The van der Waals surface area contributed by atoms with Gasteiger partial charge in [-0.2, -0.15) is 5.10 Å². The fraction of sp³-hybridized carbons (Fsp3) is 0.471. The van der Waals surface area contributed by atoms with Gasteiger partial charge in [-0.15, -0.1) is 0 Å². The summed E-state index contributed by atoms with van der Waals surface area (Å²) < 4.78 is 11.1. The molecule has 0 saturated carbocycles. The van der Waals surface area contributed by atoms with Crippen molar-refractivity contribution in [2.24, 2.45) is 12.5 Å². The zero-order valence-corrected chi connectivity index (χ0v) is 26.9. The maximum absolute atomic E-state index is 13.9. The topological polar surface area (TPSA) is 102 Å². The third kappa shape index (κ3) is 5.27. The quantitative estimate of drug-likeness (QED) is 0.322. The molecule has 0 atom stereocenters. The minimum absolute atomic E-state index is 0.000147. The van der Waals surface area contributed by atoms with Gasteiger partial charge in [0.25, 0.3) is 11.5 Å². The Morgan fingerprint density at radius 1 is 1.07 bits per heavy atom. The van der Waals surface area contributed by atoms with E-state index in [4.69, 9.17) is 14.8 Å². The lowest BCUT2D eigenvalue weighted by atomic mass is 9.90. The minimum atomic E-state index is -0.137. The van der Waals surface area contributed by atoms with Gasteiger partial charge in [-0.05, 0) is 54.0 Å². The number of hydrogen-bond acceptors (Lipinski definition) is 7. The van der Waals surface area contributed by atoms with Crippen molar-refractivity contribution in [1.29, 1.82) is 0 Å². The Kier molecular flexibility index (Phi) is 7.40. The normalized spacial score (nSPS) is 17.4. The SMILES string of the molecule is CCc1c(-c2cc(Nc3cc4n(n3)CCN(CCOC)C4)c(=O)n(C)c2)ccnc1N1CCn2c(cc3c2CC(C)(C)C3)C1=O. The van der Waals surface area contributed by atoms with Crippen LogP contribution in [0.5, 0.6) is 0 Å². The van der Waals surface area contributed by atoms with Gasteiger partial charge in [0.1, 0.15) is 17.2 Å². The van der Waals surface area contributed by atoms with Gasteiger partial charge in [-0.3, -0.25) is 24.1 Å². The fourth-order valence-electron chi connectivity index (χ4n) is 7.33. The Balaban J connectivity index is 1.18. The first kappa shape index (κ1) is 29.5. The number of pyridine rings is 2. The Labute approximate surface area is 263 Å². The molecule has 1 N–H and O–H groups in total. The summed E-state index contributed by atoms with van der Waals surface area (Å²) in [5, 5.41) is 8.04. The predicted molar refractivity (Wildman–Crippen MR) is 174 cm³/mol. The summed E-state index contributed by atoms with van der Waals surface area (Å²) in [4.78, 5) is 36.1. The summed E-state index contributed by atoms with van der Waals surface area (Å²) in [6, 6.07) is 7.98. The number of methoxy groups -OCH3 is 1. The summed E-state index contributed by atoms with van der Waals surface area (Å²) in [6.07, 6.45) is 6.31. The van der Waals surface area contributed by atoms with E-state index in [2.05, 4.69) is 41.6 Å². The summed E-state index contributed by atoms with van der Waals surface area (Å²) in [7, 11) is 3.48. The lowest BCUT2D eigenvalue weighted by Crippen LogP contribution is -2.41. The average Bonchev–Trinajstić information content (AvgIpc) is 3.67. The van der Waals surface area contributed by atoms with Crippen molar-refractivity contribution in [3.8, 4) is 11.1 Å². The molecular weight excluding hydrogens is 568 g/mol. The molecule has 1 aliphatic carbocycles. The van der Waals surface area contributed by atoms with Crippen LogP contribution in [0.15, 0.2) is 41.5 Å². The van der Waals surface area contributed by atoms with Gasteiger partial charge in [0.05, 0.1) is 18.8 Å². The summed E-state index contributed by atoms with van der Waals surface area (Å²) >= 11 is 0. The second kappa shape index (κ2) is 11.3. The molecule has 0 unspecified atom stereocenters. The van der Waals surface area contributed by atoms with Gasteiger partial charge in [-0.1, -0.05) is 20.8 Å². The van der Waals surface area contributed by atoms with E-state index in [1.807, 2.05) is 34.0 Å². The molecule has 4 aromatic rings. The molecule has 0 fully saturated rings. The number of carbonyl (C=O) groups excluding carboxylic acids is 1. The number of nitrogens with zero attached hydrogens (tertiary/aromatic N) is 7. The van der Waals surface area contributed by atoms with E-state index in [1.54, 1.807) is 24.9 Å². The number of rotatable bonds is 8. The molecule has 6 heterocycles. The maximum atomic E-state index is 13.9. The Morgan fingerprint density at radius 2 is 1.91 bits per heavy atom. The van der Waals surface area contributed by atoms with Crippen LogP contribution in [-0.4, -0.2) is 68.1 Å². The van der Waals surface area contributed by atoms with E-state index >= 15 is 0 Å². The number of ether oxygens (including phenoxy) is 1. The highest BCUT2D eigenvalue weighted by molar-refractivity contribution is 6.06. The fourth-order valence-corrected chi connectivity index (χ4v) is 7.33. The molecule has 11 heteroatoms. The molecule has 236 valence electrons. The number of hydrogen-bond donors (Lipinski definition) is 1. The maximum Gasteiger partial charge on any atom is 0.276 e. The van der Waals surface area contributed by atoms with Gasteiger partial charge in [0, 0.05) is 82.2 Å². The molecule has 1 amide bonds. The zero-order chi connectivity index (χ0) is 31.5. The lowest BCUT2D eigenvalue weighted by molar-refractivity contribution is 0.0963. The molecule has 0 saturated heterocycles. The van der Waals surface area contributed by atoms with Crippen molar-refractivity contribution in [3.63, 3.8) is 0 Å². The van der Waals surface area contributed by atoms with Gasteiger partial charge < -0.3 is 19.2 Å². The molecule has 0 aromatic carbocycles. The van der Waals surface area contributed by atoms with Crippen LogP contribution in [0, 0.1) is 5.41 Å². The van der Waals surface area contributed by atoms with Crippen LogP contribution < -0.4 is 15.8 Å². The summed E-state index contributed by atoms with van der Waals surface area (Å²) in [6.45, 7) is 12.1. The van der Waals surface area contributed by atoms with Crippen molar-refractivity contribution in [1.82, 2.24) is 28.8 Å². The van der Waals surface area contributed by atoms with Gasteiger partial charge in [-0.25, -0.2) is 4.98 Å². The molecule has 0 bridgehead atoms. The number of amides is 1. The number of anilines is 3. The first-order valence-corrected chi connectivity index (χ1v) is 15.9. The van der Waals surface area contributed by atoms with E-state index < -0.39 is 0 Å². The van der Waals surface area contributed by atoms with E-state index in [9.17, 15) is 9.59 Å². The number of aromatic nitrogens is 5. The third-order valence-corrected chi connectivity index (χ3v) is 9.51. The van der Waals surface area contributed by atoms with Crippen LogP contribution in [0.2, 0.25) is 0 Å². The number of aryl methyl sites for hydroxylation is 1. The highest BCUT2D eigenvalue weighted by atomic mass is 16.5. The van der Waals surface area contributed by atoms with Crippen LogP contribution in [0.4, 0.5) is 17.3 Å². The Bertz CT molecular complexity index is 1850. The Hall–Kier alpha value is -4.22. The highest BCUT2D eigenvalue weighted by Gasteiger charge is 2.37. The third-order valence-electron chi connectivity index (χ3n) is 9.51. The number of fused-ring (bicyclic) bond motifs is 4. The molecule has 3 aliphatic rings. The standard InChI is InChI=1S/C34H42N8O3/c1-6-25-26(7-8-35-31(25)41-11-10-40-28(33(41)44)16-22-18-34(2,3)19-29(22)40)23-15-27(32(43)38(4)20-23)36-30-17-24-21-39(13-14-45-5)9-12-42(24)37-30/h7-8,15-17,20H,6,9-14,18-19,21H2,1-5H3,(H,36,37). The van der Waals surface area contributed by atoms with Gasteiger partial charge in [0.2, 0.25) is 0 Å². The van der Waals surface area contributed by atoms with Crippen LogP contribution in [0.1, 0.15) is 53.8 Å². The summed E-state index contributed by atoms with van der Waals surface area (Å²) in [5.74, 6) is 1.34. The minimum Gasteiger partial charge on any atom is -0.383 e. The van der Waals surface area contributed by atoms with Crippen molar-refractivity contribution in [2.75, 3.05) is 43.6 Å². The van der Waals surface area contributed by atoms with Gasteiger partial charge in [0.15, 0.2) is 5.82 Å². The second-order valence-corrected chi connectivity index (χ2v) is 13.3. The highest BCUT2D eigenvalue weighted by Crippen LogP contribution is 2.40. The lowest BCUT2D eigenvalue weighted by Gasteiger charge is -2.31. The Morgan fingerprint density at radius 3 is 2.71 bits per heavy atom. The smallest absolute Gasteiger partial charge is 0.276 e. The molecule has 4 aromatic heterocycles. The average molecular weight is 611 g/mol. The summed E-state index contributed by atoms with van der Waals surface area (Å²) in [5.41, 5.74) is 7.85. The van der Waals surface area contributed by atoms with E-state index in [0.29, 0.717) is 36.9 Å². The van der Waals surface area contributed by atoms with Crippen LogP contribution in [-0.2, 0) is 50.7 Å². The van der Waals surface area contributed by atoms with E-state index in [0.717, 1.165) is 73.6 Å². The van der Waals surface area contributed by atoms with Crippen molar-refractivity contribution < 1.29 is 9.53 Å². The molecule has 2 aliphatic heterocycles. The van der Waals surface area contributed by atoms with Crippen LogP contribution >= 0.6 is 0 Å². The number of nitrogens with one attached hydrogen (secondary N) is 1.